The quantitative estimate of drug-likeness (QED) is 0.661. The van der Waals surface area contributed by atoms with E-state index in [4.69, 9.17) is 10.8 Å². The fourth-order valence-corrected chi connectivity index (χ4v) is 2.55. The largest absolute Gasteiger partial charge is 0.465 e. The Morgan fingerprint density at radius 2 is 1.87 bits per heavy atom. The van der Waals surface area contributed by atoms with Gasteiger partial charge in [-0.25, -0.2) is 23.5 Å². The molecule has 1 aliphatic rings. The van der Waals surface area contributed by atoms with Crippen LogP contribution in [0.4, 0.5) is 25.2 Å². The molecule has 10 heteroatoms. The zero-order valence-electron chi connectivity index (χ0n) is 12.1. The van der Waals surface area contributed by atoms with E-state index in [1.807, 2.05) is 0 Å². The van der Waals surface area contributed by atoms with Crippen molar-refractivity contribution in [1.29, 1.82) is 0 Å². The molecule has 0 spiro atoms. The number of rotatable bonds is 4. The van der Waals surface area contributed by atoms with E-state index < -0.39 is 29.9 Å². The molecule has 1 aromatic rings. The van der Waals surface area contributed by atoms with Crippen molar-refractivity contribution in [3.8, 4) is 0 Å². The molecule has 1 heterocycles. The SMILES string of the molecule is Nc1ncc(NC(=O)C(NC(=O)O)C2CCC(F)(F)CC2)cn1. The average molecular weight is 329 g/mol. The highest BCUT2D eigenvalue weighted by Gasteiger charge is 2.40. The fourth-order valence-electron chi connectivity index (χ4n) is 2.55. The molecule has 1 fully saturated rings. The molecule has 23 heavy (non-hydrogen) atoms. The van der Waals surface area contributed by atoms with Crippen molar-refractivity contribution in [3.63, 3.8) is 0 Å². The highest BCUT2D eigenvalue weighted by molar-refractivity contribution is 5.96. The zero-order chi connectivity index (χ0) is 17.0. The van der Waals surface area contributed by atoms with E-state index in [1.54, 1.807) is 0 Å². The monoisotopic (exact) mass is 329 g/mol. The lowest BCUT2D eigenvalue weighted by Gasteiger charge is -2.32. The topological polar surface area (TPSA) is 130 Å². The molecule has 0 bridgehead atoms. The van der Waals surface area contributed by atoms with E-state index in [9.17, 15) is 18.4 Å². The molecule has 1 unspecified atom stereocenters. The Hall–Kier alpha value is -2.52. The van der Waals surface area contributed by atoms with Gasteiger partial charge in [0, 0.05) is 12.8 Å². The van der Waals surface area contributed by atoms with Crippen molar-refractivity contribution in [2.75, 3.05) is 11.1 Å². The molecule has 2 rings (SSSR count). The Labute approximate surface area is 130 Å². The van der Waals surface area contributed by atoms with Gasteiger partial charge < -0.3 is 21.5 Å². The molecule has 2 amide bonds. The number of carbonyl (C=O) groups is 2. The van der Waals surface area contributed by atoms with Crippen LogP contribution in [0.2, 0.25) is 0 Å². The lowest BCUT2D eigenvalue weighted by Crippen LogP contribution is -2.49. The van der Waals surface area contributed by atoms with Crippen LogP contribution in [-0.2, 0) is 4.79 Å². The van der Waals surface area contributed by atoms with Crippen LogP contribution in [0.5, 0.6) is 0 Å². The van der Waals surface area contributed by atoms with Gasteiger partial charge in [-0.2, -0.15) is 0 Å². The number of halogens is 2. The van der Waals surface area contributed by atoms with Crippen molar-refractivity contribution in [2.24, 2.45) is 5.92 Å². The predicted molar refractivity (Wildman–Crippen MR) is 76.9 cm³/mol. The van der Waals surface area contributed by atoms with Gasteiger partial charge in [-0.05, 0) is 18.8 Å². The molecular formula is C13H17F2N5O3. The third-order valence-corrected chi connectivity index (χ3v) is 3.73. The maximum atomic E-state index is 13.2. The third-order valence-electron chi connectivity index (χ3n) is 3.73. The molecule has 0 aliphatic heterocycles. The molecular weight excluding hydrogens is 312 g/mol. The highest BCUT2D eigenvalue weighted by atomic mass is 19.3. The molecule has 1 atom stereocenters. The van der Waals surface area contributed by atoms with Crippen LogP contribution < -0.4 is 16.4 Å². The second kappa shape index (κ2) is 6.71. The van der Waals surface area contributed by atoms with Crippen molar-refractivity contribution in [2.45, 2.75) is 37.6 Å². The number of alkyl halides is 2. The minimum absolute atomic E-state index is 0.0257. The van der Waals surface area contributed by atoms with Gasteiger partial charge in [-0.15, -0.1) is 0 Å². The van der Waals surface area contributed by atoms with E-state index >= 15 is 0 Å². The van der Waals surface area contributed by atoms with Gasteiger partial charge in [-0.1, -0.05) is 0 Å². The van der Waals surface area contributed by atoms with E-state index in [2.05, 4.69) is 20.6 Å². The van der Waals surface area contributed by atoms with Crippen LogP contribution in [0.1, 0.15) is 25.7 Å². The highest BCUT2D eigenvalue weighted by Crippen LogP contribution is 2.37. The van der Waals surface area contributed by atoms with Gasteiger partial charge in [0.25, 0.3) is 0 Å². The van der Waals surface area contributed by atoms with E-state index in [0.717, 1.165) is 0 Å². The Morgan fingerprint density at radius 1 is 1.30 bits per heavy atom. The van der Waals surface area contributed by atoms with Gasteiger partial charge in [0.15, 0.2) is 0 Å². The standard InChI is InChI=1S/C13H17F2N5O3/c14-13(15)3-1-7(2-4-13)9(20-12(22)23)10(21)19-8-5-17-11(16)18-6-8/h5-7,9,20H,1-4H2,(H,19,21)(H,22,23)(H2,16,17,18). The van der Waals surface area contributed by atoms with Gasteiger partial charge in [0.1, 0.15) is 6.04 Å². The summed E-state index contributed by atoms with van der Waals surface area (Å²) in [4.78, 5) is 30.6. The fraction of sp³-hybridized carbons (Fsp3) is 0.538. The number of anilines is 2. The van der Waals surface area contributed by atoms with Crippen LogP contribution in [0.25, 0.3) is 0 Å². The van der Waals surface area contributed by atoms with Gasteiger partial charge in [0.05, 0.1) is 18.1 Å². The predicted octanol–water partition coefficient (Wildman–Crippen LogP) is 1.46. The summed E-state index contributed by atoms with van der Waals surface area (Å²) in [5.41, 5.74) is 5.57. The summed E-state index contributed by atoms with van der Waals surface area (Å²) >= 11 is 0. The summed E-state index contributed by atoms with van der Waals surface area (Å²) in [5, 5.41) is 13.5. The maximum absolute atomic E-state index is 13.2. The minimum atomic E-state index is -2.76. The lowest BCUT2D eigenvalue weighted by molar-refractivity contribution is -0.121. The van der Waals surface area contributed by atoms with Gasteiger partial charge >= 0.3 is 6.09 Å². The lowest BCUT2D eigenvalue weighted by atomic mass is 9.81. The summed E-state index contributed by atoms with van der Waals surface area (Å²) < 4.78 is 26.4. The number of nitrogen functional groups attached to an aromatic ring is 1. The smallest absolute Gasteiger partial charge is 0.405 e. The van der Waals surface area contributed by atoms with Crippen molar-refractivity contribution >= 4 is 23.6 Å². The molecule has 5 N–H and O–H groups in total. The molecule has 0 aromatic carbocycles. The summed E-state index contributed by atoms with van der Waals surface area (Å²) in [7, 11) is 0. The van der Waals surface area contributed by atoms with Gasteiger partial charge in [-0.3, -0.25) is 4.79 Å². The Morgan fingerprint density at radius 3 is 2.39 bits per heavy atom. The maximum Gasteiger partial charge on any atom is 0.405 e. The van der Waals surface area contributed by atoms with E-state index in [-0.39, 0.29) is 37.3 Å². The first-order valence-electron chi connectivity index (χ1n) is 7.02. The number of aromatic nitrogens is 2. The Balaban J connectivity index is 2.06. The molecule has 126 valence electrons. The number of hydrogen-bond donors (Lipinski definition) is 4. The number of amides is 2. The van der Waals surface area contributed by atoms with Crippen molar-refractivity contribution < 1.29 is 23.5 Å². The number of hydrogen-bond acceptors (Lipinski definition) is 5. The molecule has 0 radical (unpaired) electrons. The summed E-state index contributed by atoms with van der Waals surface area (Å²) in [6.07, 6.45) is 0.533. The first-order valence-corrected chi connectivity index (χ1v) is 7.02. The number of nitrogens with zero attached hydrogens (tertiary/aromatic N) is 2. The Bertz CT molecular complexity index is 571. The van der Waals surface area contributed by atoms with E-state index in [1.165, 1.54) is 12.4 Å². The zero-order valence-corrected chi connectivity index (χ0v) is 12.1. The van der Waals surface area contributed by atoms with E-state index in [0.29, 0.717) is 0 Å². The molecule has 1 saturated carbocycles. The first-order chi connectivity index (χ1) is 10.8. The average Bonchev–Trinajstić information content (AvgIpc) is 2.47. The normalized spacial score (nSPS) is 18.9. The summed E-state index contributed by atoms with van der Waals surface area (Å²) in [5.74, 6) is -3.87. The van der Waals surface area contributed by atoms with Crippen LogP contribution >= 0.6 is 0 Å². The number of carbonyl (C=O) groups excluding carboxylic acids is 1. The second-order valence-corrected chi connectivity index (χ2v) is 5.44. The van der Waals surface area contributed by atoms with Crippen LogP contribution in [-0.4, -0.2) is 39.0 Å². The van der Waals surface area contributed by atoms with Crippen LogP contribution in [0.15, 0.2) is 12.4 Å². The summed E-state index contributed by atoms with van der Waals surface area (Å²) in [6.45, 7) is 0. The molecule has 1 aliphatic carbocycles. The molecule has 0 saturated heterocycles. The minimum Gasteiger partial charge on any atom is -0.465 e. The number of nitrogens with two attached hydrogens (primary N) is 1. The number of nitrogens with one attached hydrogen (secondary N) is 2. The van der Waals surface area contributed by atoms with Crippen LogP contribution in [0, 0.1) is 5.92 Å². The Kier molecular flexibility index (Phi) is 4.92. The van der Waals surface area contributed by atoms with Crippen LogP contribution in [0.3, 0.4) is 0 Å². The third kappa shape index (κ3) is 4.73. The summed E-state index contributed by atoms with van der Waals surface area (Å²) in [6, 6.07) is -1.12. The number of carboxylic acid groups (broad SMARTS) is 1. The van der Waals surface area contributed by atoms with Crippen molar-refractivity contribution in [3.05, 3.63) is 12.4 Å². The molecule has 1 aromatic heterocycles. The van der Waals surface area contributed by atoms with Crippen molar-refractivity contribution in [1.82, 2.24) is 15.3 Å². The second-order valence-electron chi connectivity index (χ2n) is 5.44. The first kappa shape index (κ1) is 16.8. The van der Waals surface area contributed by atoms with Gasteiger partial charge in [0.2, 0.25) is 17.8 Å². The molecule has 8 nitrogen and oxygen atoms in total.